The van der Waals surface area contributed by atoms with Crippen LogP contribution < -0.4 is 5.32 Å². The maximum atomic E-state index is 12.6. The third-order valence-corrected chi connectivity index (χ3v) is 5.75. The number of aromatic nitrogens is 2. The summed E-state index contributed by atoms with van der Waals surface area (Å²) in [5.41, 5.74) is 1.36. The summed E-state index contributed by atoms with van der Waals surface area (Å²) in [4.78, 5) is 22.1. The number of carbonyl (C=O) groups is 1. The largest absolute Gasteiger partial charge is 0.348 e. The van der Waals surface area contributed by atoms with Crippen LogP contribution in [0.5, 0.6) is 0 Å². The molecule has 0 spiro atoms. The Hall–Kier alpha value is -2.01. The van der Waals surface area contributed by atoms with Crippen molar-refractivity contribution in [2.75, 3.05) is 19.6 Å². The number of piperidine rings is 1. The Kier molecular flexibility index (Phi) is 4.42. The van der Waals surface area contributed by atoms with E-state index in [1.807, 2.05) is 23.2 Å². The number of benzene rings is 1. The number of amides is 2. The number of carbonyl (C=O) groups excluding carboxylic acids is 1. The maximum absolute atomic E-state index is 12.6. The van der Waals surface area contributed by atoms with Crippen LogP contribution in [0, 0.1) is 0 Å². The molecule has 6 heteroatoms. The minimum atomic E-state index is 0.0384. The zero-order valence-electron chi connectivity index (χ0n) is 14.2. The average Bonchev–Trinajstić information content (AvgIpc) is 3.23. The van der Waals surface area contributed by atoms with E-state index in [1.54, 1.807) is 6.20 Å². The molecule has 1 atom stereocenters. The van der Waals surface area contributed by atoms with Gasteiger partial charge in [0.1, 0.15) is 5.82 Å². The molecule has 2 fully saturated rings. The number of halogens is 1. The number of H-pyrrole nitrogens is 1. The Morgan fingerprint density at radius 2 is 2.16 bits per heavy atom. The summed E-state index contributed by atoms with van der Waals surface area (Å²) in [6, 6.07) is 8.05. The molecule has 1 saturated carbocycles. The lowest BCUT2D eigenvalue weighted by Crippen LogP contribution is -2.47. The molecule has 1 aliphatic heterocycles. The number of aromatic amines is 1. The molecule has 1 aromatic heterocycles. The van der Waals surface area contributed by atoms with Gasteiger partial charge in [0.25, 0.3) is 0 Å². The molecule has 1 aliphatic carbocycles. The highest BCUT2D eigenvalue weighted by atomic mass is 35.5. The number of urea groups is 1. The molecule has 0 unspecified atom stereocenters. The summed E-state index contributed by atoms with van der Waals surface area (Å²) in [5.74, 6) is 1.29. The second-order valence-electron chi connectivity index (χ2n) is 7.21. The molecule has 2 heterocycles. The van der Waals surface area contributed by atoms with Gasteiger partial charge in [-0.05, 0) is 43.4 Å². The zero-order chi connectivity index (χ0) is 17.3. The molecule has 132 valence electrons. The molecule has 2 amide bonds. The van der Waals surface area contributed by atoms with E-state index < -0.39 is 0 Å². The Labute approximate surface area is 152 Å². The van der Waals surface area contributed by atoms with Crippen molar-refractivity contribution in [1.82, 2.24) is 20.2 Å². The fourth-order valence-electron chi connectivity index (χ4n) is 3.76. The molecule has 25 heavy (non-hydrogen) atoms. The van der Waals surface area contributed by atoms with Crippen molar-refractivity contribution in [3.63, 3.8) is 0 Å². The van der Waals surface area contributed by atoms with Crippen LogP contribution in [0.15, 0.2) is 36.7 Å². The minimum absolute atomic E-state index is 0.0384. The van der Waals surface area contributed by atoms with E-state index in [1.165, 1.54) is 5.56 Å². The third-order valence-electron chi connectivity index (χ3n) is 5.50. The molecule has 5 nitrogen and oxygen atoms in total. The van der Waals surface area contributed by atoms with E-state index in [4.69, 9.17) is 11.6 Å². The number of imidazole rings is 1. The van der Waals surface area contributed by atoms with Gasteiger partial charge in [0, 0.05) is 48.4 Å². The molecule has 1 saturated heterocycles. The van der Waals surface area contributed by atoms with Gasteiger partial charge in [-0.25, -0.2) is 9.78 Å². The van der Waals surface area contributed by atoms with Crippen molar-refractivity contribution >= 4 is 17.6 Å². The van der Waals surface area contributed by atoms with Gasteiger partial charge in [-0.15, -0.1) is 0 Å². The quantitative estimate of drug-likeness (QED) is 0.875. The molecule has 2 aromatic rings. The third kappa shape index (κ3) is 3.52. The molecule has 2 aliphatic rings. The number of nitrogens with one attached hydrogen (secondary N) is 2. The van der Waals surface area contributed by atoms with Crippen molar-refractivity contribution in [2.45, 2.75) is 37.0 Å². The average molecular weight is 359 g/mol. The first-order valence-corrected chi connectivity index (χ1v) is 9.32. The maximum Gasteiger partial charge on any atom is 0.317 e. The lowest BCUT2D eigenvalue weighted by atomic mass is 9.96. The molecule has 2 N–H and O–H groups in total. The number of nitrogens with zero attached hydrogens (tertiary/aromatic N) is 2. The zero-order valence-corrected chi connectivity index (χ0v) is 14.9. The minimum Gasteiger partial charge on any atom is -0.348 e. The lowest BCUT2D eigenvalue weighted by Gasteiger charge is -2.32. The van der Waals surface area contributed by atoms with Crippen LogP contribution in [0.3, 0.4) is 0 Å². The molecule has 4 rings (SSSR count). The fraction of sp³-hybridized carbons (Fsp3) is 0.474. The van der Waals surface area contributed by atoms with Crippen molar-refractivity contribution in [1.29, 1.82) is 0 Å². The van der Waals surface area contributed by atoms with Crippen LogP contribution in [0.4, 0.5) is 4.79 Å². The Morgan fingerprint density at radius 3 is 2.84 bits per heavy atom. The van der Waals surface area contributed by atoms with E-state index in [2.05, 4.69) is 27.4 Å². The number of rotatable bonds is 4. The second kappa shape index (κ2) is 6.71. The molecule has 0 bridgehead atoms. The summed E-state index contributed by atoms with van der Waals surface area (Å²) >= 11 is 5.98. The standard InChI is InChI=1S/C19H23ClN4O/c20-16-5-3-15(4-6-16)19(7-8-19)13-23-18(25)24-11-1-2-14(12-24)17-21-9-10-22-17/h3-6,9-10,14H,1-2,7-8,11-13H2,(H,21,22)(H,23,25)/t14-/m1/s1. The van der Waals surface area contributed by atoms with Crippen LogP contribution in [-0.2, 0) is 5.41 Å². The summed E-state index contributed by atoms with van der Waals surface area (Å²) in [7, 11) is 0. The smallest absolute Gasteiger partial charge is 0.317 e. The van der Waals surface area contributed by atoms with Gasteiger partial charge in [-0.1, -0.05) is 23.7 Å². The Bertz CT molecular complexity index is 724. The van der Waals surface area contributed by atoms with E-state index >= 15 is 0 Å². The Balaban J connectivity index is 1.35. The highest BCUT2D eigenvalue weighted by Gasteiger charge is 2.44. The van der Waals surface area contributed by atoms with Gasteiger partial charge in [0.05, 0.1) is 0 Å². The first kappa shape index (κ1) is 16.5. The van der Waals surface area contributed by atoms with Crippen LogP contribution in [-0.4, -0.2) is 40.5 Å². The van der Waals surface area contributed by atoms with Crippen molar-refractivity contribution in [3.8, 4) is 0 Å². The second-order valence-corrected chi connectivity index (χ2v) is 7.64. The first-order chi connectivity index (χ1) is 12.2. The summed E-state index contributed by atoms with van der Waals surface area (Å²) in [5, 5.41) is 3.91. The van der Waals surface area contributed by atoms with Gasteiger partial charge in [-0.2, -0.15) is 0 Å². The molecular weight excluding hydrogens is 336 g/mol. The van der Waals surface area contributed by atoms with E-state index in [0.29, 0.717) is 12.5 Å². The monoisotopic (exact) mass is 358 g/mol. The van der Waals surface area contributed by atoms with Crippen LogP contribution >= 0.6 is 11.6 Å². The normalized spacial score (nSPS) is 21.8. The highest BCUT2D eigenvalue weighted by molar-refractivity contribution is 6.30. The van der Waals surface area contributed by atoms with Gasteiger partial charge in [-0.3, -0.25) is 0 Å². The molecule has 0 radical (unpaired) electrons. The topological polar surface area (TPSA) is 61.0 Å². The predicted molar refractivity (Wildman–Crippen MR) is 97.9 cm³/mol. The number of hydrogen-bond acceptors (Lipinski definition) is 2. The van der Waals surface area contributed by atoms with Gasteiger partial charge in [0.2, 0.25) is 0 Å². The number of hydrogen-bond donors (Lipinski definition) is 2. The van der Waals surface area contributed by atoms with E-state index in [0.717, 1.165) is 49.6 Å². The van der Waals surface area contributed by atoms with Crippen LogP contribution in [0.2, 0.25) is 5.02 Å². The molecule has 1 aromatic carbocycles. The van der Waals surface area contributed by atoms with Crippen molar-refractivity contribution in [2.24, 2.45) is 0 Å². The number of likely N-dealkylation sites (tertiary alicyclic amines) is 1. The fourth-order valence-corrected chi connectivity index (χ4v) is 3.89. The summed E-state index contributed by atoms with van der Waals surface area (Å²) in [6.45, 7) is 2.24. The summed E-state index contributed by atoms with van der Waals surface area (Å²) in [6.07, 6.45) is 7.94. The van der Waals surface area contributed by atoms with Gasteiger partial charge < -0.3 is 15.2 Å². The SMILES string of the molecule is O=C(NCC1(c2ccc(Cl)cc2)CC1)N1CCC[C@@H](c2ncc[nH]2)C1. The van der Waals surface area contributed by atoms with Crippen molar-refractivity contribution < 1.29 is 4.79 Å². The predicted octanol–water partition coefficient (Wildman–Crippen LogP) is 3.68. The van der Waals surface area contributed by atoms with Crippen molar-refractivity contribution in [3.05, 3.63) is 53.1 Å². The Morgan fingerprint density at radius 1 is 1.36 bits per heavy atom. The highest BCUT2D eigenvalue weighted by Crippen LogP contribution is 2.47. The first-order valence-electron chi connectivity index (χ1n) is 8.94. The lowest BCUT2D eigenvalue weighted by molar-refractivity contribution is 0.177. The van der Waals surface area contributed by atoms with E-state index in [-0.39, 0.29) is 11.4 Å². The molecular formula is C19H23ClN4O. The van der Waals surface area contributed by atoms with Crippen LogP contribution in [0.25, 0.3) is 0 Å². The van der Waals surface area contributed by atoms with Gasteiger partial charge in [0.15, 0.2) is 0 Å². The van der Waals surface area contributed by atoms with E-state index in [9.17, 15) is 4.79 Å². The summed E-state index contributed by atoms with van der Waals surface area (Å²) < 4.78 is 0. The van der Waals surface area contributed by atoms with Gasteiger partial charge >= 0.3 is 6.03 Å². The van der Waals surface area contributed by atoms with Crippen LogP contribution in [0.1, 0.15) is 43.0 Å².